The molecule has 1 fully saturated rings. The second kappa shape index (κ2) is 7.62. The van der Waals surface area contributed by atoms with Crippen LogP contribution in [0.3, 0.4) is 0 Å². The van der Waals surface area contributed by atoms with Crippen LogP contribution in [0.15, 0.2) is 36.7 Å². The van der Waals surface area contributed by atoms with Crippen molar-refractivity contribution in [3.05, 3.63) is 42.2 Å². The van der Waals surface area contributed by atoms with E-state index < -0.39 is 0 Å². The number of rotatable bonds is 6. The van der Waals surface area contributed by atoms with Crippen molar-refractivity contribution in [3.8, 4) is 5.75 Å². The summed E-state index contributed by atoms with van der Waals surface area (Å²) in [4.78, 5) is 15.5. The minimum Gasteiger partial charge on any atom is -0.483 e. The van der Waals surface area contributed by atoms with Gasteiger partial charge in [0.1, 0.15) is 5.75 Å². The highest BCUT2D eigenvalue weighted by molar-refractivity contribution is 5.77. The maximum atomic E-state index is 11.7. The van der Waals surface area contributed by atoms with Crippen LogP contribution in [-0.2, 0) is 11.3 Å². The van der Waals surface area contributed by atoms with E-state index in [9.17, 15) is 4.79 Å². The number of aromatic nitrogens is 3. The summed E-state index contributed by atoms with van der Waals surface area (Å²) in [6.07, 6.45) is 3.51. The molecule has 0 radical (unpaired) electrons. The molecule has 0 bridgehead atoms. The molecule has 1 amide bonds. The van der Waals surface area contributed by atoms with Gasteiger partial charge >= 0.3 is 0 Å². The van der Waals surface area contributed by atoms with Crippen LogP contribution in [-0.4, -0.2) is 70.5 Å². The van der Waals surface area contributed by atoms with Gasteiger partial charge in [-0.05, 0) is 6.07 Å². The van der Waals surface area contributed by atoms with E-state index in [1.54, 1.807) is 20.3 Å². The molecule has 1 aliphatic rings. The zero-order valence-corrected chi connectivity index (χ0v) is 14.6. The highest BCUT2D eigenvalue weighted by Crippen LogP contribution is 2.25. The van der Waals surface area contributed by atoms with Crippen molar-refractivity contribution in [3.63, 3.8) is 0 Å². The van der Waals surface area contributed by atoms with E-state index in [1.165, 1.54) is 4.90 Å². The van der Waals surface area contributed by atoms with Gasteiger partial charge in [-0.15, -0.1) is 5.10 Å². The van der Waals surface area contributed by atoms with Crippen LogP contribution in [0.25, 0.3) is 0 Å². The first-order chi connectivity index (χ1) is 12.0. The lowest BCUT2D eigenvalue weighted by Gasteiger charge is -2.19. The zero-order valence-electron chi connectivity index (χ0n) is 14.6. The minimum atomic E-state index is -0.0655. The Balaban J connectivity index is 1.64. The van der Waals surface area contributed by atoms with Gasteiger partial charge < -0.3 is 15.4 Å². The maximum absolute atomic E-state index is 11.7. The fourth-order valence-electron chi connectivity index (χ4n) is 2.98. The van der Waals surface area contributed by atoms with E-state index in [2.05, 4.69) is 15.2 Å². The third kappa shape index (κ3) is 4.15. The summed E-state index contributed by atoms with van der Waals surface area (Å²) in [5, 5.41) is 7.93. The normalized spacial score (nSPS) is 20.6. The lowest BCUT2D eigenvalue weighted by atomic mass is 10.2. The molecule has 25 heavy (non-hydrogen) atoms. The Morgan fingerprint density at radius 1 is 1.36 bits per heavy atom. The van der Waals surface area contributed by atoms with Gasteiger partial charge in [-0.2, -0.15) is 0 Å². The molecule has 2 N–H and O–H groups in total. The van der Waals surface area contributed by atoms with Crippen LogP contribution in [0.1, 0.15) is 11.6 Å². The number of ether oxygens (including phenoxy) is 1. The van der Waals surface area contributed by atoms with Crippen molar-refractivity contribution in [2.75, 3.05) is 33.8 Å². The molecule has 2 heterocycles. The molecule has 0 spiro atoms. The van der Waals surface area contributed by atoms with Crippen molar-refractivity contribution in [2.24, 2.45) is 5.73 Å². The summed E-state index contributed by atoms with van der Waals surface area (Å²) in [7, 11) is 3.43. The minimum absolute atomic E-state index is 0.00472. The van der Waals surface area contributed by atoms with E-state index in [4.69, 9.17) is 10.5 Å². The summed E-state index contributed by atoms with van der Waals surface area (Å²) >= 11 is 0. The van der Waals surface area contributed by atoms with Crippen molar-refractivity contribution in [2.45, 2.75) is 18.6 Å². The predicted octanol–water partition coefficient (Wildman–Crippen LogP) is 0.129. The Bertz CT molecular complexity index is 703. The van der Waals surface area contributed by atoms with Crippen molar-refractivity contribution in [1.82, 2.24) is 24.8 Å². The monoisotopic (exact) mass is 344 g/mol. The average Bonchev–Trinajstić information content (AvgIpc) is 3.23. The molecular weight excluding hydrogens is 320 g/mol. The van der Waals surface area contributed by atoms with Gasteiger partial charge in [0.05, 0.1) is 12.2 Å². The van der Waals surface area contributed by atoms with Crippen LogP contribution in [0.4, 0.5) is 0 Å². The summed E-state index contributed by atoms with van der Waals surface area (Å²) < 4.78 is 7.54. The lowest BCUT2D eigenvalue weighted by molar-refractivity contribution is -0.130. The Labute approximate surface area is 147 Å². The summed E-state index contributed by atoms with van der Waals surface area (Å²) in [6, 6.07) is 7.91. The SMILES string of the molecule is CN(C)C(=O)COc1ccccc1CN1C[C@@H](N)[C@@H](n2ccnn2)C1. The Morgan fingerprint density at radius 2 is 2.16 bits per heavy atom. The molecule has 0 unspecified atom stereocenters. The van der Waals surface area contributed by atoms with Crippen LogP contribution in [0.2, 0.25) is 0 Å². The van der Waals surface area contributed by atoms with Crippen molar-refractivity contribution >= 4 is 5.91 Å². The molecule has 3 rings (SSSR count). The average molecular weight is 344 g/mol. The lowest BCUT2D eigenvalue weighted by Crippen LogP contribution is -2.31. The smallest absolute Gasteiger partial charge is 0.259 e. The van der Waals surface area contributed by atoms with Gasteiger partial charge in [-0.1, -0.05) is 23.4 Å². The number of carbonyl (C=O) groups is 1. The fraction of sp³-hybridized carbons (Fsp3) is 0.471. The first-order valence-electron chi connectivity index (χ1n) is 8.29. The van der Waals surface area contributed by atoms with Crippen molar-refractivity contribution < 1.29 is 9.53 Å². The maximum Gasteiger partial charge on any atom is 0.259 e. The number of para-hydroxylation sites is 1. The van der Waals surface area contributed by atoms with Crippen LogP contribution >= 0.6 is 0 Å². The number of hydrogen-bond donors (Lipinski definition) is 1. The molecule has 1 aromatic carbocycles. The molecule has 2 aromatic rings. The van der Waals surface area contributed by atoms with E-state index in [0.717, 1.165) is 24.4 Å². The molecule has 8 heteroatoms. The number of likely N-dealkylation sites (N-methyl/N-ethyl adjacent to an activating group) is 1. The first-order valence-corrected chi connectivity index (χ1v) is 8.29. The quantitative estimate of drug-likeness (QED) is 0.801. The molecular formula is C17H24N6O2. The number of benzene rings is 1. The largest absolute Gasteiger partial charge is 0.483 e. The second-order valence-electron chi connectivity index (χ2n) is 6.49. The Morgan fingerprint density at radius 3 is 2.88 bits per heavy atom. The number of carbonyl (C=O) groups excluding carboxylic acids is 1. The summed E-state index contributed by atoms with van der Waals surface area (Å²) in [5.74, 6) is 0.666. The van der Waals surface area contributed by atoms with E-state index in [1.807, 2.05) is 35.1 Å². The molecule has 1 saturated heterocycles. The number of nitrogens with zero attached hydrogens (tertiary/aromatic N) is 5. The molecule has 1 aliphatic heterocycles. The predicted molar refractivity (Wildman–Crippen MR) is 92.9 cm³/mol. The highest BCUT2D eigenvalue weighted by atomic mass is 16.5. The number of hydrogen-bond acceptors (Lipinski definition) is 6. The van der Waals surface area contributed by atoms with Gasteiger partial charge in [0.25, 0.3) is 5.91 Å². The summed E-state index contributed by atoms with van der Waals surface area (Å²) in [5.41, 5.74) is 7.31. The summed E-state index contributed by atoms with van der Waals surface area (Å²) in [6.45, 7) is 2.32. The number of nitrogens with two attached hydrogens (primary N) is 1. The first kappa shape index (κ1) is 17.4. The van der Waals surface area contributed by atoms with E-state index in [0.29, 0.717) is 6.54 Å². The standard InChI is InChI=1S/C17H24N6O2/c1-21(2)17(24)12-25-16-6-4-3-5-13(16)9-22-10-14(18)15(11-22)23-8-7-19-20-23/h3-8,14-15H,9-12,18H2,1-2H3/t14-,15+/m1/s1. The highest BCUT2D eigenvalue weighted by Gasteiger charge is 2.32. The van der Waals surface area contributed by atoms with Crippen LogP contribution in [0.5, 0.6) is 5.75 Å². The van der Waals surface area contributed by atoms with Gasteiger partial charge in [0.15, 0.2) is 6.61 Å². The number of amides is 1. The van der Waals surface area contributed by atoms with Gasteiger partial charge in [-0.3, -0.25) is 9.69 Å². The van der Waals surface area contributed by atoms with Gasteiger partial charge in [0.2, 0.25) is 0 Å². The number of likely N-dealkylation sites (tertiary alicyclic amines) is 1. The third-order valence-electron chi connectivity index (χ3n) is 4.41. The molecule has 134 valence electrons. The third-order valence-corrected chi connectivity index (χ3v) is 4.41. The van der Waals surface area contributed by atoms with Crippen LogP contribution < -0.4 is 10.5 Å². The molecule has 8 nitrogen and oxygen atoms in total. The Kier molecular flexibility index (Phi) is 5.30. The van der Waals surface area contributed by atoms with E-state index >= 15 is 0 Å². The van der Waals surface area contributed by atoms with Crippen molar-refractivity contribution in [1.29, 1.82) is 0 Å². The molecule has 0 saturated carbocycles. The Hall–Kier alpha value is -2.45. The van der Waals surface area contributed by atoms with Gasteiger partial charge in [0, 0.05) is 51.5 Å². The topological polar surface area (TPSA) is 89.5 Å². The fourth-order valence-corrected chi connectivity index (χ4v) is 2.98. The van der Waals surface area contributed by atoms with E-state index in [-0.39, 0.29) is 24.6 Å². The molecule has 2 atom stereocenters. The zero-order chi connectivity index (χ0) is 17.8. The van der Waals surface area contributed by atoms with Crippen LogP contribution in [0, 0.1) is 0 Å². The second-order valence-corrected chi connectivity index (χ2v) is 6.49. The molecule has 0 aliphatic carbocycles. The van der Waals surface area contributed by atoms with Gasteiger partial charge in [-0.25, -0.2) is 4.68 Å². The molecule has 1 aromatic heterocycles.